The van der Waals surface area contributed by atoms with E-state index in [-0.39, 0.29) is 11.5 Å². The number of fused-ring (bicyclic) bond motifs is 1. The lowest BCUT2D eigenvalue weighted by atomic mass is 9.50. The van der Waals surface area contributed by atoms with Crippen LogP contribution in [0.5, 0.6) is 0 Å². The van der Waals surface area contributed by atoms with Gasteiger partial charge >= 0.3 is 0 Å². The van der Waals surface area contributed by atoms with Crippen molar-refractivity contribution < 1.29 is 12.6 Å². The molecule has 2 saturated carbocycles. The molecule has 0 radical (unpaired) electrons. The van der Waals surface area contributed by atoms with Gasteiger partial charge in [0, 0.05) is 11.8 Å². The third-order valence-electron chi connectivity index (χ3n) is 7.27. The van der Waals surface area contributed by atoms with Crippen LogP contribution in [0, 0.1) is 18.3 Å². The molecule has 0 amide bonds. The highest BCUT2D eigenvalue weighted by Crippen LogP contribution is 2.62. The van der Waals surface area contributed by atoms with Crippen molar-refractivity contribution in [3.8, 4) is 11.3 Å². The Bertz CT molecular complexity index is 1450. The Morgan fingerprint density at radius 2 is 1.74 bits per heavy atom. The molecular weight excluding hydrogens is 448 g/mol. The van der Waals surface area contributed by atoms with Crippen molar-refractivity contribution in [3.05, 3.63) is 72.7 Å². The summed E-state index contributed by atoms with van der Waals surface area (Å²) in [6.45, 7) is 2.19. The van der Waals surface area contributed by atoms with Crippen LogP contribution < -0.4 is 0 Å². The Kier molecular flexibility index (Phi) is 5.04. The van der Waals surface area contributed by atoms with Crippen LogP contribution in [-0.4, -0.2) is 34.8 Å². The predicted molar refractivity (Wildman–Crippen MR) is 129 cm³/mol. The summed E-state index contributed by atoms with van der Waals surface area (Å²) < 4.78 is 32.2. The lowest BCUT2D eigenvalue weighted by Gasteiger charge is -2.57. The third kappa shape index (κ3) is 3.91. The molecule has 2 heterocycles. The molecular formula is C26H26N4O3S. The van der Waals surface area contributed by atoms with Gasteiger partial charge in [-0.1, -0.05) is 29.8 Å². The highest BCUT2D eigenvalue weighted by molar-refractivity contribution is 7.86. The Balaban J connectivity index is 1.03. The largest absolute Gasteiger partial charge is 0.296 e. The molecule has 0 N–H and O–H groups in total. The average Bonchev–Trinajstić information content (AvgIpc) is 3.27. The molecule has 2 aliphatic rings. The van der Waals surface area contributed by atoms with E-state index in [1.54, 1.807) is 30.5 Å². The molecule has 34 heavy (non-hydrogen) atoms. The smallest absolute Gasteiger partial charge is 0.269 e. The molecule has 8 heteroatoms. The first-order valence-corrected chi connectivity index (χ1v) is 13.0. The second-order valence-corrected chi connectivity index (χ2v) is 11.5. The number of rotatable bonds is 6. The number of benzene rings is 2. The Hall–Kier alpha value is -3.10. The summed E-state index contributed by atoms with van der Waals surface area (Å²) in [6.07, 6.45) is 9.87. The lowest BCUT2D eigenvalue weighted by Crippen LogP contribution is -2.49. The van der Waals surface area contributed by atoms with Crippen LogP contribution in [0.2, 0.25) is 0 Å². The minimum Gasteiger partial charge on any atom is -0.269 e. The fourth-order valence-electron chi connectivity index (χ4n) is 5.47. The van der Waals surface area contributed by atoms with Crippen LogP contribution in [0.15, 0.2) is 72.0 Å². The minimum absolute atomic E-state index is 0.224. The summed E-state index contributed by atoms with van der Waals surface area (Å²) >= 11 is 0. The monoisotopic (exact) mass is 474 g/mol. The Morgan fingerprint density at radius 1 is 1.00 bits per heavy atom. The summed E-state index contributed by atoms with van der Waals surface area (Å²) in [5, 5.41) is 4.59. The van der Waals surface area contributed by atoms with Gasteiger partial charge in [-0.15, -0.1) is 0 Å². The summed E-state index contributed by atoms with van der Waals surface area (Å²) in [7, 11) is -3.69. The van der Waals surface area contributed by atoms with Gasteiger partial charge in [0.15, 0.2) is 0 Å². The van der Waals surface area contributed by atoms with Gasteiger partial charge in [0.2, 0.25) is 0 Å². The van der Waals surface area contributed by atoms with E-state index in [0.717, 1.165) is 53.5 Å². The number of para-hydroxylation sites is 2. The van der Waals surface area contributed by atoms with Crippen molar-refractivity contribution in [1.82, 2.24) is 19.7 Å². The molecule has 0 unspecified atom stereocenters. The van der Waals surface area contributed by atoms with Crippen LogP contribution in [-0.2, 0) is 14.3 Å². The van der Waals surface area contributed by atoms with Crippen molar-refractivity contribution in [3.63, 3.8) is 0 Å². The quantitative estimate of drug-likeness (QED) is 0.368. The molecule has 1 spiro atoms. The predicted octanol–water partition coefficient (Wildman–Crippen LogP) is 4.94. The van der Waals surface area contributed by atoms with E-state index in [1.807, 2.05) is 42.1 Å². The van der Waals surface area contributed by atoms with Crippen LogP contribution in [0.4, 0.5) is 0 Å². The molecule has 0 aliphatic heterocycles. The molecule has 0 bridgehead atoms. The SMILES string of the molecule is Cc1ccc(S(=O)(=O)OCC2CC3(C2)CC(n2cc(-c4cnc5ccccc5n4)cn2)C3)cc1. The topological polar surface area (TPSA) is 87.0 Å². The highest BCUT2D eigenvalue weighted by Gasteiger charge is 2.53. The second kappa shape index (κ2) is 7.99. The van der Waals surface area contributed by atoms with E-state index in [1.165, 1.54) is 0 Å². The van der Waals surface area contributed by atoms with Gasteiger partial charge in [0.05, 0.1) is 46.7 Å². The molecule has 6 rings (SSSR count). The highest BCUT2D eigenvalue weighted by atomic mass is 32.2. The first-order valence-electron chi connectivity index (χ1n) is 11.6. The molecule has 2 aliphatic carbocycles. The first kappa shape index (κ1) is 21.4. The summed E-state index contributed by atoms with van der Waals surface area (Å²) in [5.41, 5.74) is 4.89. The third-order valence-corrected chi connectivity index (χ3v) is 8.57. The molecule has 174 valence electrons. The van der Waals surface area contributed by atoms with Crippen molar-refractivity contribution in [2.45, 2.75) is 43.5 Å². The summed E-state index contributed by atoms with van der Waals surface area (Å²) in [5.74, 6) is 0.294. The molecule has 7 nitrogen and oxygen atoms in total. The van der Waals surface area contributed by atoms with E-state index < -0.39 is 10.1 Å². The fraction of sp³-hybridized carbons (Fsp3) is 0.346. The molecule has 2 aromatic carbocycles. The molecule has 0 saturated heterocycles. The van der Waals surface area contributed by atoms with Crippen LogP contribution in [0.25, 0.3) is 22.3 Å². The van der Waals surface area contributed by atoms with Gasteiger partial charge in [-0.3, -0.25) is 13.8 Å². The lowest BCUT2D eigenvalue weighted by molar-refractivity contribution is -0.0765. The van der Waals surface area contributed by atoms with E-state index in [0.29, 0.717) is 17.4 Å². The van der Waals surface area contributed by atoms with Crippen LogP contribution in [0.3, 0.4) is 0 Å². The fourth-order valence-corrected chi connectivity index (χ4v) is 6.45. The van der Waals surface area contributed by atoms with Gasteiger partial charge in [-0.2, -0.15) is 13.5 Å². The van der Waals surface area contributed by atoms with E-state index in [4.69, 9.17) is 9.17 Å². The van der Waals surface area contributed by atoms with Crippen molar-refractivity contribution in [2.24, 2.45) is 11.3 Å². The number of nitrogens with zero attached hydrogens (tertiary/aromatic N) is 4. The maximum atomic E-state index is 12.4. The first-order chi connectivity index (χ1) is 16.4. The van der Waals surface area contributed by atoms with Gasteiger partial charge in [-0.25, -0.2) is 4.98 Å². The van der Waals surface area contributed by atoms with Gasteiger partial charge in [-0.05, 0) is 68.2 Å². The van der Waals surface area contributed by atoms with Crippen molar-refractivity contribution in [1.29, 1.82) is 0 Å². The normalized spacial score (nSPS) is 24.1. The van der Waals surface area contributed by atoms with Crippen molar-refractivity contribution >= 4 is 21.2 Å². The standard InChI is InChI=1S/C26H26N4O3S/c1-18-6-8-22(9-7-18)34(31,32)33-17-19-10-26(11-19)12-21(13-26)30-16-20(14-28-30)25-15-27-23-4-2-3-5-24(23)29-25/h2-9,14-16,19,21H,10-13,17H2,1H3. The Morgan fingerprint density at radius 3 is 2.50 bits per heavy atom. The zero-order valence-electron chi connectivity index (χ0n) is 19.0. The summed E-state index contributed by atoms with van der Waals surface area (Å²) in [6, 6.07) is 15.0. The molecule has 2 fully saturated rings. The number of aryl methyl sites for hydroxylation is 1. The van der Waals surface area contributed by atoms with Crippen LogP contribution in [0.1, 0.15) is 37.3 Å². The molecule has 4 aromatic rings. The number of hydrogen-bond donors (Lipinski definition) is 0. The maximum absolute atomic E-state index is 12.4. The van der Waals surface area contributed by atoms with E-state index in [2.05, 4.69) is 16.3 Å². The van der Waals surface area contributed by atoms with E-state index >= 15 is 0 Å². The van der Waals surface area contributed by atoms with Crippen LogP contribution >= 0.6 is 0 Å². The number of hydrogen-bond acceptors (Lipinski definition) is 6. The number of aromatic nitrogens is 4. The average molecular weight is 475 g/mol. The van der Waals surface area contributed by atoms with Crippen molar-refractivity contribution in [2.75, 3.05) is 6.61 Å². The maximum Gasteiger partial charge on any atom is 0.296 e. The van der Waals surface area contributed by atoms with Gasteiger partial charge < -0.3 is 0 Å². The zero-order chi connectivity index (χ0) is 23.3. The van der Waals surface area contributed by atoms with Gasteiger partial charge in [0.1, 0.15) is 0 Å². The minimum atomic E-state index is -3.69. The molecule has 2 aromatic heterocycles. The molecule has 0 atom stereocenters. The zero-order valence-corrected chi connectivity index (χ0v) is 19.8. The van der Waals surface area contributed by atoms with E-state index in [9.17, 15) is 8.42 Å². The second-order valence-electron chi connectivity index (χ2n) is 9.84. The van der Waals surface area contributed by atoms with Gasteiger partial charge in [0.25, 0.3) is 10.1 Å². The summed E-state index contributed by atoms with van der Waals surface area (Å²) in [4.78, 5) is 9.44. The Labute approximate surface area is 198 Å².